The van der Waals surface area contributed by atoms with Gasteiger partial charge in [0, 0.05) is 18.5 Å². The SMILES string of the molecule is C=CCC(c1ccc(Cl)c(Cl)c1)[C@@H]1c2ccccc2C(=O)N1C. The first-order valence-electron chi connectivity index (χ1n) is 7.46. The second-order valence-electron chi connectivity index (χ2n) is 5.75. The summed E-state index contributed by atoms with van der Waals surface area (Å²) in [6, 6.07) is 13.4. The Morgan fingerprint density at radius 3 is 2.65 bits per heavy atom. The zero-order valence-corrected chi connectivity index (χ0v) is 14.3. The Bertz CT molecular complexity index is 772. The molecule has 1 amide bonds. The average Bonchev–Trinajstić information content (AvgIpc) is 2.80. The summed E-state index contributed by atoms with van der Waals surface area (Å²) < 4.78 is 0. The lowest BCUT2D eigenvalue weighted by atomic mass is 9.84. The second-order valence-corrected chi connectivity index (χ2v) is 6.57. The molecular weight excluding hydrogens is 329 g/mol. The number of carbonyl (C=O) groups is 1. The molecule has 0 N–H and O–H groups in total. The van der Waals surface area contributed by atoms with Crippen LogP contribution in [-0.4, -0.2) is 17.9 Å². The van der Waals surface area contributed by atoms with Crippen molar-refractivity contribution < 1.29 is 4.79 Å². The summed E-state index contributed by atoms with van der Waals surface area (Å²) in [6.45, 7) is 3.87. The third-order valence-electron chi connectivity index (χ3n) is 4.42. The molecule has 3 rings (SSSR count). The van der Waals surface area contributed by atoms with Crippen LogP contribution in [0.1, 0.15) is 39.9 Å². The van der Waals surface area contributed by atoms with Crippen molar-refractivity contribution in [2.75, 3.05) is 7.05 Å². The third kappa shape index (κ3) is 2.77. The first-order valence-corrected chi connectivity index (χ1v) is 8.22. The van der Waals surface area contributed by atoms with Crippen molar-refractivity contribution in [2.24, 2.45) is 0 Å². The zero-order chi connectivity index (χ0) is 16.6. The highest BCUT2D eigenvalue weighted by Crippen LogP contribution is 2.44. The summed E-state index contributed by atoms with van der Waals surface area (Å²) in [6.07, 6.45) is 2.63. The summed E-state index contributed by atoms with van der Waals surface area (Å²) >= 11 is 12.2. The van der Waals surface area contributed by atoms with Crippen LogP contribution in [-0.2, 0) is 0 Å². The lowest BCUT2D eigenvalue weighted by Crippen LogP contribution is -2.27. The van der Waals surface area contributed by atoms with Crippen molar-refractivity contribution in [2.45, 2.75) is 18.4 Å². The minimum atomic E-state index is -0.0334. The van der Waals surface area contributed by atoms with Crippen molar-refractivity contribution in [3.8, 4) is 0 Å². The van der Waals surface area contributed by atoms with E-state index >= 15 is 0 Å². The van der Waals surface area contributed by atoms with Gasteiger partial charge < -0.3 is 4.90 Å². The number of hydrogen-bond acceptors (Lipinski definition) is 1. The fourth-order valence-electron chi connectivity index (χ4n) is 3.33. The van der Waals surface area contributed by atoms with Gasteiger partial charge in [0.25, 0.3) is 5.91 Å². The Kier molecular flexibility index (Phi) is 4.47. The van der Waals surface area contributed by atoms with Gasteiger partial charge in [0.15, 0.2) is 0 Å². The standard InChI is InChI=1S/C19H17Cl2NO/c1-3-6-13(12-9-10-16(20)17(21)11-12)18-14-7-4-5-8-15(14)19(23)22(18)2/h3-5,7-11,13,18H,1,6H2,2H3/t13?,18-/m1/s1. The predicted molar refractivity (Wildman–Crippen MR) is 95.3 cm³/mol. The lowest BCUT2D eigenvalue weighted by Gasteiger charge is -2.30. The van der Waals surface area contributed by atoms with Gasteiger partial charge in [-0.15, -0.1) is 6.58 Å². The smallest absolute Gasteiger partial charge is 0.254 e. The topological polar surface area (TPSA) is 20.3 Å². The highest BCUT2D eigenvalue weighted by molar-refractivity contribution is 6.42. The molecule has 0 spiro atoms. The highest BCUT2D eigenvalue weighted by atomic mass is 35.5. The van der Waals surface area contributed by atoms with Gasteiger partial charge >= 0.3 is 0 Å². The maximum atomic E-state index is 12.5. The van der Waals surface area contributed by atoms with Gasteiger partial charge in [0.05, 0.1) is 16.1 Å². The number of nitrogens with zero attached hydrogens (tertiary/aromatic N) is 1. The van der Waals surface area contributed by atoms with E-state index in [9.17, 15) is 4.79 Å². The molecule has 0 saturated carbocycles. The number of likely N-dealkylation sites (N-methyl/N-ethyl adjacent to an activating group) is 1. The molecule has 118 valence electrons. The molecule has 0 radical (unpaired) electrons. The molecule has 2 aromatic rings. The van der Waals surface area contributed by atoms with Gasteiger partial charge in [0.1, 0.15) is 0 Å². The van der Waals surface area contributed by atoms with E-state index in [1.807, 2.05) is 49.5 Å². The summed E-state index contributed by atoms with van der Waals surface area (Å²) in [5.74, 6) is 0.139. The Balaban J connectivity index is 2.09. The van der Waals surface area contributed by atoms with Gasteiger partial charge in [0.2, 0.25) is 0 Å². The van der Waals surface area contributed by atoms with Crippen molar-refractivity contribution in [3.05, 3.63) is 81.9 Å². The number of fused-ring (bicyclic) bond motifs is 1. The first-order chi connectivity index (χ1) is 11.0. The van der Waals surface area contributed by atoms with Crippen molar-refractivity contribution in [1.29, 1.82) is 0 Å². The maximum Gasteiger partial charge on any atom is 0.254 e. The first kappa shape index (κ1) is 16.1. The van der Waals surface area contributed by atoms with Crippen LogP contribution in [0, 0.1) is 0 Å². The molecule has 0 fully saturated rings. The number of rotatable bonds is 4. The van der Waals surface area contributed by atoms with E-state index in [1.54, 1.807) is 11.0 Å². The molecule has 1 unspecified atom stereocenters. The minimum absolute atomic E-state index is 0.0334. The summed E-state index contributed by atoms with van der Waals surface area (Å²) in [4.78, 5) is 14.3. The fraction of sp³-hybridized carbons (Fsp3) is 0.211. The van der Waals surface area contributed by atoms with Gasteiger partial charge in [-0.05, 0) is 35.7 Å². The summed E-state index contributed by atoms with van der Waals surface area (Å²) in [5, 5.41) is 1.06. The number of carbonyl (C=O) groups excluding carboxylic acids is 1. The van der Waals surface area contributed by atoms with E-state index < -0.39 is 0 Å². The molecule has 0 saturated heterocycles. The second kappa shape index (κ2) is 6.38. The number of halogens is 2. The molecule has 2 nitrogen and oxygen atoms in total. The van der Waals surface area contributed by atoms with E-state index in [1.165, 1.54) is 0 Å². The molecule has 0 aromatic heterocycles. The molecule has 23 heavy (non-hydrogen) atoms. The molecule has 0 bridgehead atoms. The van der Waals surface area contributed by atoms with Crippen LogP contribution in [0.5, 0.6) is 0 Å². The molecule has 4 heteroatoms. The molecule has 0 aliphatic carbocycles. The van der Waals surface area contributed by atoms with Crippen LogP contribution in [0.3, 0.4) is 0 Å². The largest absolute Gasteiger partial charge is 0.334 e. The van der Waals surface area contributed by atoms with Gasteiger partial charge in [-0.25, -0.2) is 0 Å². The van der Waals surface area contributed by atoms with Crippen molar-refractivity contribution in [1.82, 2.24) is 4.90 Å². The molecule has 1 aliphatic rings. The Morgan fingerprint density at radius 1 is 1.22 bits per heavy atom. The van der Waals surface area contributed by atoms with Crippen LogP contribution in [0.4, 0.5) is 0 Å². The monoisotopic (exact) mass is 345 g/mol. The average molecular weight is 346 g/mol. The Hall–Kier alpha value is -1.77. The maximum absolute atomic E-state index is 12.5. The van der Waals surface area contributed by atoms with Crippen LogP contribution >= 0.6 is 23.2 Å². The molecule has 1 aliphatic heterocycles. The molecule has 2 aromatic carbocycles. The van der Waals surface area contributed by atoms with E-state index in [2.05, 4.69) is 6.58 Å². The fourth-order valence-corrected chi connectivity index (χ4v) is 3.64. The lowest BCUT2D eigenvalue weighted by molar-refractivity contribution is 0.0755. The third-order valence-corrected chi connectivity index (χ3v) is 5.16. The highest BCUT2D eigenvalue weighted by Gasteiger charge is 2.38. The normalized spacial score (nSPS) is 18.0. The Labute approximate surface area is 146 Å². The quantitative estimate of drug-likeness (QED) is 0.671. The zero-order valence-electron chi connectivity index (χ0n) is 12.8. The number of benzene rings is 2. The number of allylic oxidation sites excluding steroid dienone is 1. The van der Waals surface area contributed by atoms with Crippen LogP contribution < -0.4 is 0 Å². The number of amides is 1. The molecule has 2 atom stereocenters. The molecule has 1 heterocycles. The number of hydrogen-bond donors (Lipinski definition) is 0. The predicted octanol–water partition coefficient (Wildman–Crippen LogP) is 5.48. The van der Waals surface area contributed by atoms with Crippen LogP contribution in [0.2, 0.25) is 10.0 Å². The van der Waals surface area contributed by atoms with E-state index in [4.69, 9.17) is 23.2 Å². The minimum Gasteiger partial charge on any atom is -0.334 e. The van der Waals surface area contributed by atoms with E-state index in [-0.39, 0.29) is 17.9 Å². The van der Waals surface area contributed by atoms with Gasteiger partial charge in [-0.3, -0.25) is 4.79 Å². The summed E-state index contributed by atoms with van der Waals surface area (Å²) in [7, 11) is 1.85. The summed E-state index contributed by atoms with van der Waals surface area (Å²) in [5.41, 5.74) is 2.88. The van der Waals surface area contributed by atoms with E-state index in [0.717, 1.165) is 23.1 Å². The van der Waals surface area contributed by atoms with Crippen molar-refractivity contribution >= 4 is 29.1 Å². The van der Waals surface area contributed by atoms with Gasteiger partial charge in [-0.2, -0.15) is 0 Å². The molecular formula is C19H17Cl2NO. The van der Waals surface area contributed by atoms with Crippen LogP contribution in [0.25, 0.3) is 0 Å². The van der Waals surface area contributed by atoms with Crippen molar-refractivity contribution in [3.63, 3.8) is 0 Å². The van der Waals surface area contributed by atoms with Gasteiger partial charge in [-0.1, -0.05) is 53.5 Å². The van der Waals surface area contributed by atoms with Crippen LogP contribution in [0.15, 0.2) is 55.1 Å². The van der Waals surface area contributed by atoms with E-state index in [0.29, 0.717) is 10.0 Å². The Morgan fingerprint density at radius 2 is 1.96 bits per heavy atom.